The minimum atomic E-state index is -0.820. The van der Waals surface area contributed by atoms with Gasteiger partial charge in [-0.25, -0.2) is 0 Å². The minimum Gasteiger partial charge on any atom is -0.496 e. The minimum absolute atomic E-state index is 0.183. The average molecular weight is 257 g/mol. The van der Waals surface area contributed by atoms with Crippen molar-refractivity contribution in [1.29, 1.82) is 5.26 Å². The number of nitriles is 1. The standard InChI is InChI=1S/C14H11NO2S/c1-17-12-6-3-2-5-10(12)11(9-15)14(16)13-7-4-8-18-13/h2-8,11H,1H3. The molecule has 0 aliphatic rings. The molecule has 1 unspecified atom stereocenters. The molecule has 0 aliphatic heterocycles. The van der Waals surface area contributed by atoms with Gasteiger partial charge in [-0.2, -0.15) is 5.26 Å². The van der Waals surface area contributed by atoms with Crippen molar-refractivity contribution in [2.45, 2.75) is 5.92 Å². The van der Waals surface area contributed by atoms with E-state index in [0.717, 1.165) is 0 Å². The lowest BCUT2D eigenvalue weighted by atomic mass is 9.94. The van der Waals surface area contributed by atoms with Crippen molar-refractivity contribution in [1.82, 2.24) is 0 Å². The Morgan fingerprint density at radius 2 is 2.11 bits per heavy atom. The summed E-state index contributed by atoms with van der Waals surface area (Å²) in [6, 6.07) is 12.7. The van der Waals surface area contributed by atoms with Gasteiger partial charge in [0.05, 0.1) is 18.1 Å². The van der Waals surface area contributed by atoms with E-state index in [9.17, 15) is 10.1 Å². The Hall–Kier alpha value is -2.12. The molecule has 0 radical (unpaired) electrons. The van der Waals surface area contributed by atoms with Gasteiger partial charge in [0, 0.05) is 5.56 Å². The van der Waals surface area contributed by atoms with Crippen molar-refractivity contribution in [2.75, 3.05) is 7.11 Å². The van der Waals surface area contributed by atoms with Crippen LogP contribution in [-0.4, -0.2) is 12.9 Å². The molecule has 0 spiro atoms. The third-order valence-corrected chi connectivity index (χ3v) is 3.49. The van der Waals surface area contributed by atoms with Crippen LogP contribution in [-0.2, 0) is 0 Å². The molecular formula is C14H11NO2S. The first-order valence-corrected chi connectivity index (χ1v) is 6.26. The van der Waals surface area contributed by atoms with Crippen molar-refractivity contribution in [2.24, 2.45) is 0 Å². The van der Waals surface area contributed by atoms with E-state index < -0.39 is 5.92 Å². The van der Waals surface area contributed by atoms with E-state index in [0.29, 0.717) is 16.2 Å². The first-order chi connectivity index (χ1) is 8.77. The second-order valence-corrected chi connectivity index (χ2v) is 4.59. The fourth-order valence-corrected chi connectivity index (χ4v) is 2.43. The molecule has 2 rings (SSSR count). The summed E-state index contributed by atoms with van der Waals surface area (Å²) in [7, 11) is 1.53. The van der Waals surface area contributed by atoms with E-state index in [4.69, 9.17) is 4.74 Å². The van der Waals surface area contributed by atoms with Crippen molar-refractivity contribution in [3.8, 4) is 11.8 Å². The van der Waals surface area contributed by atoms with E-state index in [-0.39, 0.29) is 5.78 Å². The van der Waals surface area contributed by atoms with Crippen molar-refractivity contribution in [3.63, 3.8) is 0 Å². The Labute approximate surface area is 109 Å². The summed E-state index contributed by atoms with van der Waals surface area (Å²) in [6.07, 6.45) is 0. The first-order valence-electron chi connectivity index (χ1n) is 5.38. The summed E-state index contributed by atoms with van der Waals surface area (Å²) in [6.45, 7) is 0. The lowest BCUT2D eigenvalue weighted by Crippen LogP contribution is -2.11. The van der Waals surface area contributed by atoms with Crippen LogP contribution in [0.4, 0.5) is 0 Å². The van der Waals surface area contributed by atoms with Gasteiger partial charge in [0.25, 0.3) is 0 Å². The van der Waals surface area contributed by atoms with Crippen LogP contribution in [0.2, 0.25) is 0 Å². The summed E-state index contributed by atoms with van der Waals surface area (Å²) >= 11 is 1.34. The van der Waals surface area contributed by atoms with Gasteiger partial charge in [0.2, 0.25) is 0 Å². The van der Waals surface area contributed by atoms with Crippen LogP contribution in [0.1, 0.15) is 21.2 Å². The highest BCUT2D eigenvalue weighted by Crippen LogP contribution is 2.29. The number of benzene rings is 1. The number of Topliss-reactive ketones (excluding diaryl/α,β-unsaturated/α-hetero) is 1. The van der Waals surface area contributed by atoms with Crippen molar-refractivity contribution < 1.29 is 9.53 Å². The molecule has 2 aromatic rings. The zero-order chi connectivity index (χ0) is 13.0. The number of para-hydroxylation sites is 1. The van der Waals surface area contributed by atoms with Crippen LogP contribution in [0.25, 0.3) is 0 Å². The van der Waals surface area contributed by atoms with E-state index in [1.807, 2.05) is 11.4 Å². The highest BCUT2D eigenvalue weighted by atomic mass is 32.1. The van der Waals surface area contributed by atoms with Crippen LogP contribution in [0.5, 0.6) is 5.75 Å². The third-order valence-electron chi connectivity index (χ3n) is 2.61. The number of ketones is 1. The largest absolute Gasteiger partial charge is 0.496 e. The number of nitrogens with zero attached hydrogens (tertiary/aromatic N) is 1. The number of methoxy groups -OCH3 is 1. The van der Waals surface area contributed by atoms with Crippen LogP contribution in [0.3, 0.4) is 0 Å². The molecule has 3 nitrogen and oxygen atoms in total. The third kappa shape index (κ3) is 2.27. The molecule has 0 amide bonds. The fraction of sp³-hybridized carbons (Fsp3) is 0.143. The van der Waals surface area contributed by atoms with Crippen LogP contribution < -0.4 is 4.74 Å². The topological polar surface area (TPSA) is 50.1 Å². The molecule has 4 heteroatoms. The molecule has 18 heavy (non-hydrogen) atoms. The SMILES string of the molecule is COc1ccccc1C(C#N)C(=O)c1cccs1. The summed E-state index contributed by atoms with van der Waals surface area (Å²) in [5, 5.41) is 11.1. The predicted octanol–water partition coefficient (Wildman–Crippen LogP) is 3.25. The number of carbonyl (C=O) groups excluding carboxylic acids is 1. The fourth-order valence-electron chi connectivity index (χ4n) is 1.74. The maximum Gasteiger partial charge on any atom is 0.194 e. The van der Waals surface area contributed by atoms with E-state index >= 15 is 0 Å². The molecule has 1 aromatic heterocycles. The lowest BCUT2D eigenvalue weighted by molar-refractivity contribution is 0.0981. The van der Waals surface area contributed by atoms with Gasteiger partial charge in [0.1, 0.15) is 11.7 Å². The van der Waals surface area contributed by atoms with Gasteiger partial charge in [-0.15, -0.1) is 11.3 Å². The zero-order valence-corrected chi connectivity index (χ0v) is 10.6. The number of ether oxygens (including phenoxy) is 1. The molecule has 0 bridgehead atoms. The molecule has 1 atom stereocenters. The molecule has 1 heterocycles. The zero-order valence-electron chi connectivity index (χ0n) is 9.79. The molecule has 0 saturated carbocycles. The molecule has 0 N–H and O–H groups in total. The van der Waals surface area contributed by atoms with Crippen LogP contribution in [0.15, 0.2) is 41.8 Å². The van der Waals surface area contributed by atoms with Crippen LogP contribution in [0, 0.1) is 11.3 Å². The Morgan fingerprint density at radius 1 is 1.33 bits per heavy atom. The number of rotatable bonds is 4. The van der Waals surface area contributed by atoms with Gasteiger partial charge >= 0.3 is 0 Å². The maximum atomic E-state index is 12.2. The van der Waals surface area contributed by atoms with Gasteiger partial charge < -0.3 is 4.74 Å². The summed E-state index contributed by atoms with van der Waals surface area (Å²) < 4.78 is 5.20. The highest BCUT2D eigenvalue weighted by molar-refractivity contribution is 7.12. The first kappa shape index (κ1) is 12.3. The Morgan fingerprint density at radius 3 is 2.72 bits per heavy atom. The highest BCUT2D eigenvalue weighted by Gasteiger charge is 2.25. The Kier molecular flexibility index (Phi) is 3.75. The normalized spacial score (nSPS) is 11.6. The molecular weight excluding hydrogens is 246 g/mol. The Bertz CT molecular complexity index is 584. The van der Waals surface area contributed by atoms with E-state index in [1.54, 1.807) is 30.3 Å². The predicted molar refractivity (Wildman–Crippen MR) is 70.0 cm³/mol. The van der Waals surface area contributed by atoms with Gasteiger partial charge in [-0.3, -0.25) is 4.79 Å². The van der Waals surface area contributed by atoms with E-state index in [2.05, 4.69) is 6.07 Å². The second-order valence-electron chi connectivity index (χ2n) is 3.65. The smallest absolute Gasteiger partial charge is 0.194 e. The van der Waals surface area contributed by atoms with Gasteiger partial charge in [-0.1, -0.05) is 24.3 Å². The van der Waals surface area contributed by atoms with Gasteiger partial charge in [-0.05, 0) is 17.5 Å². The second kappa shape index (κ2) is 5.48. The molecule has 0 saturated heterocycles. The molecule has 0 fully saturated rings. The summed E-state index contributed by atoms with van der Waals surface area (Å²) in [5.41, 5.74) is 0.612. The summed E-state index contributed by atoms with van der Waals surface area (Å²) in [5.74, 6) is -0.439. The molecule has 90 valence electrons. The van der Waals surface area contributed by atoms with Gasteiger partial charge in [0.15, 0.2) is 5.78 Å². The number of hydrogen-bond acceptors (Lipinski definition) is 4. The number of thiophene rings is 1. The number of carbonyl (C=O) groups is 1. The van der Waals surface area contributed by atoms with Crippen molar-refractivity contribution in [3.05, 3.63) is 52.2 Å². The number of hydrogen-bond donors (Lipinski definition) is 0. The van der Waals surface area contributed by atoms with Crippen molar-refractivity contribution >= 4 is 17.1 Å². The monoisotopic (exact) mass is 257 g/mol. The molecule has 1 aromatic carbocycles. The Balaban J connectivity index is 2.41. The molecule has 0 aliphatic carbocycles. The average Bonchev–Trinajstić information content (AvgIpc) is 2.94. The maximum absolute atomic E-state index is 12.2. The quantitative estimate of drug-likeness (QED) is 0.790. The van der Waals surface area contributed by atoms with E-state index in [1.165, 1.54) is 18.4 Å². The van der Waals surface area contributed by atoms with Crippen LogP contribution >= 0.6 is 11.3 Å². The summed E-state index contributed by atoms with van der Waals surface area (Å²) in [4.78, 5) is 12.8. The lowest BCUT2D eigenvalue weighted by Gasteiger charge is -2.11.